The SMILES string of the molecule is C=C/C=C(\C=C)OCc1ccc(CN)nc1. The Labute approximate surface area is 96.0 Å². The molecule has 1 heterocycles. The minimum atomic E-state index is 0.454. The molecule has 0 aliphatic rings. The van der Waals surface area contributed by atoms with Gasteiger partial charge in [0.05, 0.1) is 5.69 Å². The van der Waals surface area contributed by atoms with Crippen molar-refractivity contribution in [2.45, 2.75) is 13.2 Å². The highest BCUT2D eigenvalue weighted by atomic mass is 16.5. The molecule has 0 unspecified atom stereocenters. The number of nitrogens with two attached hydrogens (primary N) is 1. The normalized spacial score (nSPS) is 10.9. The summed E-state index contributed by atoms with van der Waals surface area (Å²) in [4.78, 5) is 4.18. The van der Waals surface area contributed by atoms with Crippen molar-refractivity contribution in [3.63, 3.8) is 0 Å². The first-order chi connectivity index (χ1) is 7.80. The van der Waals surface area contributed by atoms with Crippen LogP contribution in [0.1, 0.15) is 11.3 Å². The largest absolute Gasteiger partial charge is 0.489 e. The van der Waals surface area contributed by atoms with Gasteiger partial charge >= 0.3 is 0 Å². The standard InChI is InChI=1S/C13H16N2O/c1-3-5-13(4-2)16-10-11-6-7-12(8-14)15-9-11/h3-7,9H,1-2,8,10,14H2/b13-5+. The van der Waals surface area contributed by atoms with Crippen molar-refractivity contribution in [1.82, 2.24) is 4.98 Å². The van der Waals surface area contributed by atoms with Gasteiger partial charge in [-0.3, -0.25) is 4.98 Å². The molecule has 84 valence electrons. The van der Waals surface area contributed by atoms with Crippen molar-refractivity contribution in [2.75, 3.05) is 0 Å². The number of hydrogen-bond donors (Lipinski definition) is 1. The maximum absolute atomic E-state index is 5.49. The molecular formula is C13H16N2O. The van der Waals surface area contributed by atoms with Gasteiger partial charge < -0.3 is 10.5 Å². The van der Waals surface area contributed by atoms with Gasteiger partial charge in [-0.1, -0.05) is 25.3 Å². The highest BCUT2D eigenvalue weighted by molar-refractivity contribution is 5.17. The Hall–Kier alpha value is -1.87. The maximum atomic E-state index is 5.49. The molecule has 0 aliphatic carbocycles. The summed E-state index contributed by atoms with van der Waals surface area (Å²) in [5, 5.41) is 0. The van der Waals surface area contributed by atoms with Crippen molar-refractivity contribution < 1.29 is 4.74 Å². The van der Waals surface area contributed by atoms with Crippen LogP contribution in [-0.4, -0.2) is 4.98 Å². The van der Waals surface area contributed by atoms with E-state index >= 15 is 0 Å². The molecule has 1 aromatic rings. The van der Waals surface area contributed by atoms with Crippen LogP contribution >= 0.6 is 0 Å². The monoisotopic (exact) mass is 216 g/mol. The predicted molar refractivity (Wildman–Crippen MR) is 65.4 cm³/mol. The van der Waals surface area contributed by atoms with E-state index in [1.54, 1.807) is 24.4 Å². The number of nitrogens with zero attached hydrogens (tertiary/aromatic N) is 1. The summed E-state index contributed by atoms with van der Waals surface area (Å²) in [6, 6.07) is 3.84. The minimum absolute atomic E-state index is 0.454. The molecule has 3 nitrogen and oxygen atoms in total. The number of ether oxygens (including phenoxy) is 1. The van der Waals surface area contributed by atoms with E-state index in [-0.39, 0.29) is 0 Å². The van der Waals surface area contributed by atoms with Crippen molar-refractivity contribution in [3.05, 3.63) is 66.7 Å². The van der Waals surface area contributed by atoms with Gasteiger partial charge in [0.1, 0.15) is 12.4 Å². The molecule has 2 N–H and O–H groups in total. The lowest BCUT2D eigenvalue weighted by molar-refractivity contribution is 0.211. The number of pyridine rings is 1. The summed E-state index contributed by atoms with van der Waals surface area (Å²) < 4.78 is 5.49. The molecule has 0 fully saturated rings. The fraction of sp³-hybridized carbons (Fsp3) is 0.154. The molecule has 0 aliphatic heterocycles. The zero-order chi connectivity index (χ0) is 11.8. The fourth-order valence-electron chi connectivity index (χ4n) is 1.12. The Morgan fingerprint density at radius 3 is 2.75 bits per heavy atom. The van der Waals surface area contributed by atoms with Crippen LogP contribution in [0.3, 0.4) is 0 Å². The summed E-state index contributed by atoms with van der Waals surface area (Å²) in [5.41, 5.74) is 7.32. The minimum Gasteiger partial charge on any atom is -0.489 e. The summed E-state index contributed by atoms with van der Waals surface area (Å²) in [5.74, 6) is 0.693. The first-order valence-corrected chi connectivity index (χ1v) is 5.02. The molecule has 3 heteroatoms. The summed E-state index contributed by atoms with van der Waals surface area (Å²) >= 11 is 0. The van der Waals surface area contributed by atoms with E-state index in [0.29, 0.717) is 18.9 Å². The van der Waals surface area contributed by atoms with Gasteiger partial charge in [-0.15, -0.1) is 0 Å². The third-order valence-corrected chi connectivity index (χ3v) is 1.98. The van der Waals surface area contributed by atoms with Crippen LogP contribution in [0, 0.1) is 0 Å². The molecule has 1 rings (SSSR count). The number of rotatable bonds is 6. The second kappa shape index (κ2) is 6.58. The lowest BCUT2D eigenvalue weighted by Gasteiger charge is -2.06. The van der Waals surface area contributed by atoms with Crippen molar-refractivity contribution >= 4 is 0 Å². The number of aromatic nitrogens is 1. The van der Waals surface area contributed by atoms with Crippen LogP contribution in [0.5, 0.6) is 0 Å². The Morgan fingerprint density at radius 1 is 1.44 bits per heavy atom. The van der Waals surface area contributed by atoms with Crippen LogP contribution in [0.25, 0.3) is 0 Å². The lowest BCUT2D eigenvalue weighted by Crippen LogP contribution is -2.00. The van der Waals surface area contributed by atoms with Gasteiger partial charge in [0, 0.05) is 18.3 Å². The van der Waals surface area contributed by atoms with Gasteiger partial charge in [-0.25, -0.2) is 0 Å². The Morgan fingerprint density at radius 2 is 2.25 bits per heavy atom. The molecule has 0 atom stereocenters. The highest BCUT2D eigenvalue weighted by Crippen LogP contribution is 2.06. The molecule has 0 amide bonds. The average Bonchev–Trinajstić information content (AvgIpc) is 2.35. The van der Waals surface area contributed by atoms with Crippen LogP contribution in [0.2, 0.25) is 0 Å². The third kappa shape index (κ3) is 3.71. The first-order valence-electron chi connectivity index (χ1n) is 5.02. The maximum Gasteiger partial charge on any atom is 0.119 e. The van der Waals surface area contributed by atoms with E-state index in [1.165, 1.54) is 0 Å². The Bertz CT molecular complexity index is 379. The van der Waals surface area contributed by atoms with Crippen molar-refractivity contribution in [1.29, 1.82) is 0 Å². The molecule has 0 radical (unpaired) electrons. The molecule has 0 saturated heterocycles. The third-order valence-electron chi connectivity index (χ3n) is 1.98. The smallest absolute Gasteiger partial charge is 0.119 e. The van der Waals surface area contributed by atoms with Gasteiger partial charge in [-0.2, -0.15) is 0 Å². The zero-order valence-electron chi connectivity index (χ0n) is 9.23. The number of hydrogen-bond acceptors (Lipinski definition) is 3. The predicted octanol–water partition coefficient (Wildman–Crippen LogP) is 2.31. The van der Waals surface area contributed by atoms with Gasteiger partial charge in [0.2, 0.25) is 0 Å². The summed E-state index contributed by atoms with van der Waals surface area (Å²) in [6.07, 6.45) is 6.82. The van der Waals surface area contributed by atoms with Crippen molar-refractivity contribution in [3.8, 4) is 0 Å². The Kier molecular flexibility index (Phi) is 5.02. The second-order valence-corrected chi connectivity index (χ2v) is 3.16. The molecule has 0 spiro atoms. The van der Waals surface area contributed by atoms with E-state index in [0.717, 1.165) is 11.3 Å². The molecule has 0 aromatic carbocycles. The van der Waals surface area contributed by atoms with Gasteiger partial charge in [0.25, 0.3) is 0 Å². The summed E-state index contributed by atoms with van der Waals surface area (Å²) in [6.45, 7) is 8.16. The van der Waals surface area contributed by atoms with Crippen molar-refractivity contribution in [2.24, 2.45) is 5.73 Å². The lowest BCUT2D eigenvalue weighted by atomic mass is 10.2. The molecule has 16 heavy (non-hydrogen) atoms. The highest BCUT2D eigenvalue weighted by Gasteiger charge is 1.96. The van der Waals surface area contributed by atoms with E-state index in [2.05, 4.69) is 18.1 Å². The number of allylic oxidation sites excluding steroid dienone is 3. The average molecular weight is 216 g/mol. The quantitative estimate of drug-likeness (QED) is 0.586. The van der Waals surface area contributed by atoms with Gasteiger partial charge in [0.15, 0.2) is 0 Å². The summed E-state index contributed by atoms with van der Waals surface area (Å²) in [7, 11) is 0. The van der Waals surface area contributed by atoms with Crippen LogP contribution < -0.4 is 5.73 Å². The molecule has 1 aromatic heterocycles. The van der Waals surface area contributed by atoms with E-state index in [4.69, 9.17) is 10.5 Å². The van der Waals surface area contributed by atoms with Crippen LogP contribution in [0.4, 0.5) is 0 Å². The van der Waals surface area contributed by atoms with E-state index < -0.39 is 0 Å². The van der Waals surface area contributed by atoms with Gasteiger partial charge in [-0.05, 0) is 18.2 Å². The molecule has 0 bridgehead atoms. The van der Waals surface area contributed by atoms with E-state index in [1.807, 2.05) is 12.1 Å². The topological polar surface area (TPSA) is 48.1 Å². The van der Waals surface area contributed by atoms with Crippen LogP contribution in [0.15, 0.2) is 55.5 Å². The van der Waals surface area contributed by atoms with E-state index in [9.17, 15) is 0 Å². The fourth-order valence-corrected chi connectivity index (χ4v) is 1.12. The van der Waals surface area contributed by atoms with Crippen LogP contribution in [-0.2, 0) is 17.9 Å². The Balaban J connectivity index is 2.56. The first kappa shape index (κ1) is 12.2. The second-order valence-electron chi connectivity index (χ2n) is 3.16. The molecule has 0 saturated carbocycles. The zero-order valence-corrected chi connectivity index (χ0v) is 9.23. The molecular weight excluding hydrogens is 200 g/mol.